The molecule has 0 saturated carbocycles. The maximum atomic E-state index is 12.3. The summed E-state index contributed by atoms with van der Waals surface area (Å²) in [4.78, 5) is 3.99. The van der Waals surface area contributed by atoms with Gasteiger partial charge in [-0.2, -0.15) is 4.31 Å². The van der Waals surface area contributed by atoms with Crippen LogP contribution in [0.4, 0.5) is 4.39 Å². The summed E-state index contributed by atoms with van der Waals surface area (Å²) in [5.41, 5.74) is 5.58. The second kappa shape index (κ2) is 7.14. The van der Waals surface area contributed by atoms with Crippen LogP contribution in [0.3, 0.4) is 0 Å². The van der Waals surface area contributed by atoms with Gasteiger partial charge in [-0.15, -0.1) is 0 Å². The number of ether oxygens (including phenoxy) is 2. The molecule has 1 aromatic heterocycles. The minimum Gasteiger partial charge on any atom is -0.473 e. The molecule has 1 aromatic rings. The van der Waals surface area contributed by atoms with Crippen LogP contribution < -0.4 is 10.5 Å². The van der Waals surface area contributed by atoms with Crippen LogP contribution in [0, 0.1) is 0 Å². The summed E-state index contributed by atoms with van der Waals surface area (Å²) >= 11 is 0. The first kappa shape index (κ1) is 16.8. The summed E-state index contributed by atoms with van der Waals surface area (Å²) in [5, 5.41) is 0. The van der Waals surface area contributed by atoms with E-state index in [2.05, 4.69) is 4.98 Å². The Labute approximate surface area is 128 Å². The minimum atomic E-state index is -3.56. The topological polar surface area (TPSA) is 94.8 Å². The van der Waals surface area contributed by atoms with E-state index in [1.54, 1.807) is 7.11 Å². The Hall–Kier alpha value is -1.55. The Morgan fingerprint density at radius 2 is 2.27 bits per heavy atom. The molecule has 7 nitrogen and oxygen atoms in total. The van der Waals surface area contributed by atoms with Gasteiger partial charge < -0.3 is 15.2 Å². The van der Waals surface area contributed by atoms with E-state index in [9.17, 15) is 12.8 Å². The molecule has 1 aliphatic heterocycles. The van der Waals surface area contributed by atoms with Crippen LogP contribution >= 0.6 is 0 Å². The lowest BCUT2D eigenvalue weighted by Gasteiger charge is -2.36. The molecule has 0 spiro atoms. The average Bonchev–Trinajstić information content (AvgIpc) is 2.47. The van der Waals surface area contributed by atoms with Gasteiger partial charge in [0.1, 0.15) is 11.5 Å². The fourth-order valence-electron chi connectivity index (χ4n) is 1.80. The van der Waals surface area contributed by atoms with Gasteiger partial charge in [0.05, 0.1) is 18.6 Å². The lowest BCUT2D eigenvalue weighted by molar-refractivity contribution is 0.0125. The van der Waals surface area contributed by atoms with Gasteiger partial charge >= 0.3 is 0 Å². The number of hydrogen-bond donors (Lipinski definition) is 1. The highest BCUT2D eigenvalue weighted by Crippen LogP contribution is 2.23. The van der Waals surface area contributed by atoms with Gasteiger partial charge in [-0.25, -0.2) is 17.8 Å². The number of methoxy groups -OCH3 is 1. The van der Waals surface area contributed by atoms with Crippen molar-refractivity contribution in [3.63, 3.8) is 0 Å². The lowest BCUT2D eigenvalue weighted by Crippen LogP contribution is -2.54. The Balaban J connectivity index is 2.00. The number of rotatable bonds is 7. The molecule has 0 amide bonds. The molecule has 0 aromatic carbocycles. The van der Waals surface area contributed by atoms with Crippen molar-refractivity contribution in [1.29, 1.82) is 0 Å². The number of nitrogens with zero attached hydrogens (tertiary/aromatic N) is 2. The number of halogens is 1. The lowest BCUT2D eigenvalue weighted by atomic mass is 10.2. The average molecular weight is 331 g/mol. The van der Waals surface area contributed by atoms with Crippen LogP contribution in [0.1, 0.15) is 0 Å². The summed E-state index contributed by atoms with van der Waals surface area (Å²) < 4.78 is 48.5. The standard InChI is InChI=1S/C13H18FN3O4S/c1-20-11-7-17(8-11)22(18,19)12-2-3-13(16-6-12)21-9-10(4-14)5-15/h2-4,6,11H,5,7-9,15H2,1H3/b10-4-. The second-order valence-corrected chi connectivity index (χ2v) is 6.71. The van der Waals surface area contributed by atoms with E-state index >= 15 is 0 Å². The van der Waals surface area contributed by atoms with Crippen molar-refractivity contribution in [2.24, 2.45) is 5.73 Å². The van der Waals surface area contributed by atoms with Gasteiger partial charge in [-0.1, -0.05) is 0 Å². The number of nitrogens with two attached hydrogens (primary N) is 1. The van der Waals surface area contributed by atoms with Gasteiger partial charge in [0.25, 0.3) is 0 Å². The van der Waals surface area contributed by atoms with Gasteiger partial charge in [0, 0.05) is 38.4 Å². The van der Waals surface area contributed by atoms with Crippen molar-refractivity contribution in [3.8, 4) is 5.88 Å². The normalized spacial score (nSPS) is 17.3. The largest absolute Gasteiger partial charge is 0.473 e. The predicted octanol–water partition coefficient (Wildman–Crippen LogP) is 0.292. The third-order valence-electron chi connectivity index (χ3n) is 3.32. The zero-order valence-electron chi connectivity index (χ0n) is 12.1. The number of sulfonamides is 1. The molecule has 2 heterocycles. The first-order chi connectivity index (χ1) is 10.5. The Bertz CT molecular complexity index is 627. The molecular formula is C13H18FN3O4S. The molecule has 122 valence electrons. The molecule has 9 heteroatoms. The molecule has 0 bridgehead atoms. The van der Waals surface area contributed by atoms with Gasteiger partial charge in [-0.3, -0.25) is 0 Å². The molecule has 2 rings (SSSR count). The van der Waals surface area contributed by atoms with E-state index in [0.717, 1.165) is 0 Å². The first-order valence-electron chi connectivity index (χ1n) is 6.61. The SMILES string of the molecule is COC1CN(S(=O)(=O)c2ccc(OC/C(=C\F)CN)nc2)C1. The van der Waals surface area contributed by atoms with Crippen molar-refractivity contribution in [2.45, 2.75) is 11.0 Å². The van der Waals surface area contributed by atoms with Gasteiger partial charge in [0.2, 0.25) is 15.9 Å². The van der Waals surface area contributed by atoms with Crippen LogP contribution in [-0.2, 0) is 14.8 Å². The minimum absolute atomic E-state index is 0.0340. The van der Waals surface area contributed by atoms with Crippen molar-refractivity contribution in [1.82, 2.24) is 9.29 Å². The van der Waals surface area contributed by atoms with Crippen LogP contribution in [0.2, 0.25) is 0 Å². The summed E-state index contributed by atoms with van der Waals surface area (Å²) in [6.07, 6.45) is 1.54. The van der Waals surface area contributed by atoms with E-state index < -0.39 is 10.0 Å². The number of pyridine rings is 1. The maximum Gasteiger partial charge on any atom is 0.244 e. The molecule has 1 aliphatic rings. The predicted molar refractivity (Wildman–Crippen MR) is 77.5 cm³/mol. The molecule has 1 saturated heterocycles. The van der Waals surface area contributed by atoms with E-state index in [0.29, 0.717) is 19.4 Å². The van der Waals surface area contributed by atoms with Crippen molar-refractivity contribution in [2.75, 3.05) is 33.4 Å². The summed E-state index contributed by atoms with van der Waals surface area (Å²) in [6.45, 7) is 0.669. The summed E-state index contributed by atoms with van der Waals surface area (Å²) in [6, 6.07) is 2.83. The zero-order valence-corrected chi connectivity index (χ0v) is 12.9. The summed E-state index contributed by atoms with van der Waals surface area (Å²) in [5.74, 6) is 0.199. The van der Waals surface area contributed by atoms with Gasteiger partial charge in [0.15, 0.2) is 0 Å². The van der Waals surface area contributed by atoms with Crippen molar-refractivity contribution >= 4 is 10.0 Å². The monoisotopic (exact) mass is 331 g/mol. The molecule has 0 radical (unpaired) electrons. The third-order valence-corrected chi connectivity index (χ3v) is 5.13. The Kier molecular flexibility index (Phi) is 5.46. The van der Waals surface area contributed by atoms with Crippen molar-refractivity contribution in [3.05, 3.63) is 30.2 Å². The number of hydrogen-bond acceptors (Lipinski definition) is 6. The van der Waals surface area contributed by atoms with E-state index in [1.807, 2.05) is 0 Å². The highest BCUT2D eigenvalue weighted by atomic mass is 32.2. The third kappa shape index (κ3) is 3.61. The van der Waals surface area contributed by atoms with Crippen LogP contribution in [0.15, 0.2) is 35.1 Å². The van der Waals surface area contributed by atoms with Gasteiger partial charge in [-0.05, 0) is 6.07 Å². The Morgan fingerprint density at radius 1 is 1.55 bits per heavy atom. The molecular weight excluding hydrogens is 313 g/mol. The van der Waals surface area contributed by atoms with Crippen LogP contribution in [0.25, 0.3) is 0 Å². The van der Waals surface area contributed by atoms with E-state index in [1.165, 1.54) is 22.6 Å². The zero-order chi connectivity index (χ0) is 16.2. The summed E-state index contributed by atoms with van der Waals surface area (Å²) in [7, 11) is -2.01. The fraction of sp³-hybridized carbons (Fsp3) is 0.462. The molecule has 22 heavy (non-hydrogen) atoms. The molecule has 0 aliphatic carbocycles. The quantitative estimate of drug-likeness (QED) is 0.772. The highest BCUT2D eigenvalue weighted by Gasteiger charge is 2.36. The maximum absolute atomic E-state index is 12.3. The molecule has 0 atom stereocenters. The second-order valence-electron chi connectivity index (χ2n) is 4.77. The Morgan fingerprint density at radius 3 is 2.77 bits per heavy atom. The van der Waals surface area contributed by atoms with Crippen molar-refractivity contribution < 1.29 is 22.3 Å². The van der Waals surface area contributed by atoms with E-state index in [-0.39, 0.29) is 35.6 Å². The highest BCUT2D eigenvalue weighted by molar-refractivity contribution is 7.89. The molecule has 0 unspecified atom stereocenters. The number of aromatic nitrogens is 1. The molecule has 1 fully saturated rings. The fourth-order valence-corrected chi connectivity index (χ4v) is 3.25. The molecule has 2 N–H and O–H groups in total. The van der Waals surface area contributed by atoms with Crippen LogP contribution in [-0.4, -0.2) is 57.2 Å². The van der Waals surface area contributed by atoms with E-state index in [4.69, 9.17) is 15.2 Å². The first-order valence-corrected chi connectivity index (χ1v) is 8.05. The van der Waals surface area contributed by atoms with Crippen LogP contribution in [0.5, 0.6) is 5.88 Å². The smallest absolute Gasteiger partial charge is 0.244 e.